The number of benzene rings is 1. The van der Waals surface area contributed by atoms with Gasteiger partial charge in [-0.2, -0.15) is 23.5 Å². The van der Waals surface area contributed by atoms with E-state index in [1.54, 1.807) is 0 Å². The van der Waals surface area contributed by atoms with Crippen molar-refractivity contribution < 1.29 is 24.3 Å². The lowest BCUT2D eigenvalue weighted by Gasteiger charge is -2.24. The van der Waals surface area contributed by atoms with Crippen molar-refractivity contribution in [3.8, 4) is 0 Å². The molecule has 3 unspecified atom stereocenters. The van der Waals surface area contributed by atoms with Crippen LogP contribution in [0.5, 0.6) is 0 Å². The van der Waals surface area contributed by atoms with Crippen molar-refractivity contribution in [3.05, 3.63) is 35.9 Å². The molecule has 3 atom stereocenters. The fourth-order valence-electron chi connectivity index (χ4n) is 2.85. The maximum Gasteiger partial charge on any atom is 0.326 e. The van der Waals surface area contributed by atoms with Gasteiger partial charge in [0.2, 0.25) is 17.7 Å². The molecule has 0 radical (unpaired) electrons. The molecule has 6 N–H and O–H groups in total. The predicted molar refractivity (Wildman–Crippen MR) is 129 cm³/mol. The molecule has 1 rings (SSSR count). The summed E-state index contributed by atoms with van der Waals surface area (Å²) in [6.45, 7) is -0.257. The minimum atomic E-state index is -1.13. The molecule has 0 aliphatic carbocycles. The second-order valence-corrected chi connectivity index (χ2v) is 9.01. The van der Waals surface area contributed by atoms with Crippen molar-refractivity contribution in [2.75, 3.05) is 30.6 Å². The predicted octanol–water partition coefficient (Wildman–Crippen LogP) is 0.233. The Morgan fingerprint density at radius 3 is 1.94 bits per heavy atom. The fourth-order valence-corrected chi connectivity index (χ4v) is 3.80. The standard InChI is InChI=1S/C21H32N4O5S2/c1-31-10-8-15(23-18(26)13-22)19(27)25-17(12-14-6-4-3-5-7-14)20(28)24-16(21(29)30)9-11-32-2/h3-7,15-17H,8-13,22H2,1-2H3,(H,23,26)(H,24,28)(H,25,27)(H,29,30). The zero-order valence-electron chi connectivity index (χ0n) is 18.3. The van der Waals surface area contributed by atoms with Gasteiger partial charge in [-0.3, -0.25) is 14.4 Å². The Balaban J connectivity index is 3.02. The maximum atomic E-state index is 13.0. The van der Waals surface area contributed by atoms with Gasteiger partial charge < -0.3 is 26.8 Å². The first-order valence-electron chi connectivity index (χ1n) is 10.2. The number of carbonyl (C=O) groups is 4. The number of amides is 3. The number of carboxylic acid groups (broad SMARTS) is 1. The van der Waals surface area contributed by atoms with Gasteiger partial charge in [-0.1, -0.05) is 30.3 Å². The Morgan fingerprint density at radius 2 is 1.41 bits per heavy atom. The van der Waals surface area contributed by atoms with Gasteiger partial charge in [0.15, 0.2) is 0 Å². The summed E-state index contributed by atoms with van der Waals surface area (Å²) in [5, 5.41) is 17.2. The van der Waals surface area contributed by atoms with Crippen LogP contribution in [-0.2, 0) is 25.6 Å². The Bertz CT molecular complexity index is 751. The summed E-state index contributed by atoms with van der Waals surface area (Å²) >= 11 is 3.00. The van der Waals surface area contributed by atoms with Crippen molar-refractivity contribution in [2.45, 2.75) is 37.4 Å². The first-order valence-corrected chi connectivity index (χ1v) is 13.0. The average molecular weight is 485 g/mol. The Morgan fingerprint density at radius 1 is 0.875 bits per heavy atom. The van der Waals surface area contributed by atoms with Gasteiger partial charge in [0.25, 0.3) is 0 Å². The lowest BCUT2D eigenvalue weighted by Crippen LogP contribution is -2.57. The molecule has 178 valence electrons. The Kier molecular flexibility index (Phi) is 13.5. The van der Waals surface area contributed by atoms with Crippen LogP contribution in [0.15, 0.2) is 30.3 Å². The molecule has 0 saturated carbocycles. The summed E-state index contributed by atoms with van der Waals surface area (Å²) < 4.78 is 0. The van der Waals surface area contributed by atoms with E-state index in [-0.39, 0.29) is 19.4 Å². The second kappa shape index (κ2) is 15.5. The quantitative estimate of drug-likeness (QED) is 0.237. The lowest BCUT2D eigenvalue weighted by atomic mass is 10.0. The minimum absolute atomic E-state index is 0.174. The summed E-state index contributed by atoms with van der Waals surface area (Å²) in [5.74, 6) is -1.54. The molecule has 0 aliphatic heterocycles. The normalized spacial score (nSPS) is 13.5. The number of nitrogens with two attached hydrogens (primary N) is 1. The monoisotopic (exact) mass is 484 g/mol. The molecule has 32 heavy (non-hydrogen) atoms. The molecule has 0 aromatic heterocycles. The van der Waals surface area contributed by atoms with E-state index in [9.17, 15) is 24.3 Å². The van der Waals surface area contributed by atoms with Gasteiger partial charge >= 0.3 is 5.97 Å². The van der Waals surface area contributed by atoms with Gasteiger partial charge in [0, 0.05) is 6.42 Å². The van der Waals surface area contributed by atoms with Crippen LogP contribution < -0.4 is 21.7 Å². The number of nitrogens with one attached hydrogen (secondary N) is 3. The van der Waals surface area contributed by atoms with E-state index in [1.165, 1.54) is 23.5 Å². The van der Waals surface area contributed by atoms with Gasteiger partial charge in [-0.25, -0.2) is 4.79 Å². The molecule has 0 spiro atoms. The Hall–Kier alpha value is -2.24. The first-order chi connectivity index (χ1) is 15.3. The van der Waals surface area contributed by atoms with Gasteiger partial charge in [-0.15, -0.1) is 0 Å². The molecule has 1 aromatic carbocycles. The molecular weight excluding hydrogens is 452 g/mol. The van der Waals surface area contributed by atoms with E-state index < -0.39 is 41.8 Å². The molecule has 11 heteroatoms. The van der Waals surface area contributed by atoms with Crippen molar-refractivity contribution in [2.24, 2.45) is 5.73 Å². The average Bonchev–Trinajstić information content (AvgIpc) is 2.78. The largest absolute Gasteiger partial charge is 0.480 e. The highest BCUT2D eigenvalue weighted by Gasteiger charge is 2.29. The summed E-state index contributed by atoms with van der Waals surface area (Å²) in [5.41, 5.74) is 6.15. The van der Waals surface area contributed by atoms with Crippen molar-refractivity contribution in [1.29, 1.82) is 0 Å². The number of hydrogen-bond acceptors (Lipinski definition) is 7. The first kappa shape index (κ1) is 27.8. The SMILES string of the molecule is CSCCC(NC(=O)C(Cc1ccccc1)NC(=O)C(CCSC)NC(=O)CN)C(=O)O. The van der Waals surface area contributed by atoms with Crippen LogP contribution in [-0.4, -0.2) is 77.5 Å². The van der Waals surface area contributed by atoms with Crippen molar-refractivity contribution >= 4 is 47.2 Å². The molecular formula is C21H32N4O5S2. The van der Waals surface area contributed by atoms with Crippen LogP contribution >= 0.6 is 23.5 Å². The summed E-state index contributed by atoms with van der Waals surface area (Å²) in [6.07, 6.45) is 4.53. The fraction of sp³-hybridized carbons (Fsp3) is 0.524. The van der Waals surface area contributed by atoms with Crippen LogP contribution in [0.3, 0.4) is 0 Å². The summed E-state index contributed by atoms with van der Waals surface area (Å²) in [6, 6.07) is 6.17. The second-order valence-electron chi connectivity index (χ2n) is 7.04. The topological polar surface area (TPSA) is 151 Å². The minimum Gasteiger partial charge on any atom is -0.480 e. The van der Waals surface area contributed by atoms with Crippen LogP contribution in [0.4, 0.5) is 0 Å². The number of thioether (sulfide) groups is 2. The number of hydrogen-bond donors (Lipinski definition) is 5. The lowest BCUT2D eigenvalue weighted by molar-refractivity contribution is -0.142. The summed E-state index contributed by atoms with van der Waals surface area (Å²) in [7, 11) is 0. The Labute approximate surface area is 197 Å². The molecule has 0 fully saturated rings. The highest BCUT2D eigenvalue weighted by Crippen LogP contribution is 2.08. The number of aliphatic carboxylic acids is 1. The smallest absolute Gasteiger partial charge is 0.326 e. The van der Waals surface area contributed by atoms with E-state index in [4.69, 9.17) is 5.73 Å². The van der Waals surface area contributed by atoms with Gasteiger partial charge in [-0.05, 0) is 42.4 Å². The maximum absolute atomic E-state index is 13.0. The van der Waals surface area contributed by atoms with Gasteiger partial charge in [0.1, 0.15) is 18.1 Å². The van der Waals surface area contributed by atoms with Crippen LogP contribution in [0.1, 0.15) is 18.4 Å². The third-order valence-electron chi connectivity index (χ3n) is 4.59. The van der Waals surface area contributed by atoms with E-state index in [0.29, 0.717) is 17.9 Å². The van der Waals surface area contributed by atoms with Gasteiger partial charge in [0.05, 0.1) is 6.54 Å². The highest BCUT2D eigenvalue weighted by molar-refractivity contribution is 7.98. The highest BCUT2D eigenvalue weighted by atomic mass is 32.2. The molecule has 3 amide bonds. The van der Waals surface area contributed by atoms with Crippen LogP contribution in [0.25, 0.3) is 0 Å². The zero-order valence-corrected chi connectivity index (χ0v) is 20.0. The zero-order chi connectivity index (χ0) is 23.9. The van der Waals surface area contributed by atoms with Crippen molar-refractivity contribution in [3.63, 3.8) is 0 Å². The number of rotatable bonds is 15. The number of carboxylic acids is 1. The van der Waals surface area contributed by atoms with E-state index in [0.717, 1.165) is 5.56 Å². The van der Waals surface area contributed by atoms with Crippen LogP contribution in [0, 0.1) is 0 Å². The molecule has 0 heterocycles. The summed E-state index contributed by atoms with van der Waals surface area (Å²) in [4.78, 5) is 49.2. The van der Waals surface area contributed by atoms with E-state index in [2.05, 4.69) is 16.0 Å². The third kappa shape index (κ3) is 10.4. The molecule has 0 bridgehead atoms. The van der Waals surface area contributed by atoms with Crippen LogP contribution in [0.2, 0.25) is 0 Å². The van der Waals surface area contributed by atoms with Crippen molar-refractivity contribution in [1.82, 2.24) is 16.0 Å². The van der Waals surface area contributed by atoms with E-state index >= 15 is 0 Å². The molecule has 9 nitrogen and oxygen atoms in total. The molecule has 0 saturated heterocycles. The number of carbonyl (C=O) groups excluding carboxylic acids is 3. The van der Waals surface area contributed by atoms with E-state index in [1.807, 2.05) is 42.8 Å². The molecule has 1 aromatic rings. The molecule has 0 aliphatic rings. The third-order valence-corrected chi connectivity index (χ3v) is 5.88.